The molecular weight excluding hydrogens is 420 g/mol. The lowest BCUT2D eigenvalue weighted by Gasteiger charge is -2.27. The molecule has 0 saturated carbocycles. The van der Waals surface area contributed by atoms with Crippen molar-refractivity contribution in [3.05, 3.63) is 70.3 Å². The van der Waals surface area contributed by atoms with Gasteiger partial charge in [0.15, 0.2) is 0 Å². The zero-order valence-corrected chi connectivity index (χ0v) is 21.3. The van der Waals surface area contributed by atoms with Crippen LogP contribution in [0, 0.1) is 11.8 Å². The van der Waals surface area contributed by atoms with Gasteiger partial charge in [0.2, 0.25) is 0 Å². The summed E-state index contributed by atoms with van der Waals surface area (Å²) in [6, 6.07) is 13.5. The summed E-state index contributed by atoms with van der Waals surface area (Å²) >= 11 is 6.79. The van der Waals surface area contributed by atoms with Crippen molar-refractivity contribution in [2.75, 3.05) is 19.8 Å². The van der Waals surface area contributed by atoms with Crippen molar-refractivity contribution in [2.45, 2.75) is 65.7 Å². The van der Waals surface area contributed by atoms with Crippen molar-refractivity contribution < 1.29 is 14.3 Å². The summed E-state index contributed by atoms with van der Waals surface area (Å²) in [6.07, 6.45) is 2.90. The molecule has 0 aliphatic heterocycles. The summed E-state index contributed by atoms with van der Waals surface area (Å²) in [5.41, 5.74) is 5.91. The standard InChI is InChI=1S/C28H39ClO3/c1-20(2)18-23-12-13-26(28(5,6)29)24(25(23)19-21(3)4)14-15-31-16-17-32-27(30)22-10-8-7-9-11-22/h7-13,20-21H,14-19H2,1-6H3. The first-order valence-corrected chi connectivity index (χ1v) is 12.1. The van der Waals surface area contributed by atoms with Gasteiger partial charge in [0.1, 0.15) is 6.61 Å². The lowest BCUT2D eigenvalue weighted by molar-refractivity contribution is 0.0321. The van der Waals surface area contributed by atoms with Crippen LogP contribution in [0.3, 0.4) is 0 Å². The fourth-order valence-electron chi connectivity index (χ4n) is 4.00. The van der Waals surface area contributed by atoms with E-state index >= 15 is 0 Å². The third-order valence-electron chi connectivity index (χ3n) is 5.38. The van der Waals surface area contributed by atoms with Crippen LogP contribution in [0.5, 0.6) is 0 Å². The highest BCUT2D eigenvalue weighted by atomic mass is 35.5. The number of alkyl halides is 1. The van der Waals surface area contributed by atoms with Gasteiger partial charge in [-0.1, -0.05) is 58.0 Å². The molecule has 0 amide bonds. The molecule has 0 spiro atoms. The molecule has 0 saturated heterocycles. The number of rotatable bonds is 12. The van der Waals surface area contributed by atoms with E-state index in [1.54, 1.807) is 12.1 Å². The molecule has 0 atom stereocenters. The number of halogens is 1. The van der Waals surface area contributed by atoms with Crippen LogP contribution in [0.25, 0.3) is 0 Å². The summed E-state index contributed by atoms with van der Waals surface area (Å²) in [5.74, 6) is 0.840. The molecule has 0 aromatic heterocycles. The topological polar surface area (TPSA) is 35.5 Å². The van der Waals surface area contributed by atoms with E-state index < -0.39 is 4.87 Å². The molecular formula is C28H39ClO3. The SMILES string of the molecule is CC(C)Cc1ccc(C(C)(C)Cl)c(CCOCCOC(=O)c2ccccc2)c1CC(C)C. The molecule has 176 valence electrons. The monoisotopic (exact) mass is 458 g/mol. The molecule has 0 radical (unpaired) electrons. The van der Waals surface area contributed by atoms with Gasteiger partial charge in [-0.2, -0.15) is 0 Å². The number of carbonyl (C=O) groups excluding carboxylic acids is 1. The second kappa shape index (κ2) is 12.4. The van der Waals surface area contributed by atoms with Gasteiger partial charge >= 0.3 is 5.97 Å². The number of esters is 1. The molecule has 3 nitrogen and oxygen atoms in total. The van der Waals surface area contributed by atoms with Crippen LogP contribution in [-0.4, -0.2) is 25.8 Å². The van der Waals surface area contributed by atoms with Crippen molar-refractivity contribution >= 4 is 17.6 Å². The average Bonchev–Trinajstić information content (AvgIpc) is 2.71. The van der Waals surface area contributed by atoms with Crippen molar-refractivity contribution in [1.82, 2.24) is 0 Å². The molecule has 0 heterocycles. The first-order valence-electron chi connectivity index (χ1n) is 11.7. The van der Waals surface area contributed by atoms with E-state index in [0.717, 1.165) is 19.3 Å². The third kappa shape index (κ3) is 8.26. The minimum atomic E-state index is -0.442. The number of hydrogen-bond acceptors (Lipinski definition) is 3. The van der Waals surface area contributed by atoms with Gasteiger partial charge in [-0.15, -0.1) is 11.6 Å². The molecule has 0 unspecified atom stereocenters. The van der Waals surface area contributed by atoms with Gasteiger partial charge in [0.05, 0.1) is 23.7 Å². The summed E-state index contributed by atoms with van der Waals surface area (Å²) in [6.45, 7) is 14.3. The van der Waals surface area contributed by atoms with Gasteiger partial charge in [0.25, 0.3) is 0 Å². The Kier molecular flexibility index (Phi) is 10.2. The van der Waals surface area contributed by atoms with Crippen LogP contribution >= 0.6 is 11.6 Å². The van der Waals surface area contributed by atoms with Crippen LogP contribution < -0.4 is 0 Å². The Hall–Kier alpha value is -1.84. The van der Waals surface area contributed by atoms with Gasteiger partial charge < -0.3 is 9.47 Å². The largest absolute Gasteiger partial charge is 0.460 e. The summed E-state index contributed by atoms with van der Waals surface area (Å²) in [5, 5.41) is 0. The Morgan fingerprint density at radius 2 is 1.53 bits per heavy atom. The Morgan fingerprint density at radius 3 is 2.12 bits per heavy atom. The van der Waals surface area contributed by atoms with Crippen molar-refractivity contribution in [1.29, 1.82) is 0 Å². The number of hydrogen-bond donors (Lipinski definition) is 0. The van der Waals surface area contributed by atoms with E-state index in [2.05, 4.69) is 53.7 Å². The minimum absolute atomic E-state index is 0.244. The van der Waals surface area contributed by atoms with Crippen LogP contribution in [0.2, 0.25) is 0 Å². The highest BCUT2D eigenvalue weighted by Gasteiger charge is 2.24. The zero-order chi connectivity index (χ0) is 23.7. The van der Waals surface area contributed by atoms with Gasteiger partial charge in [-0.25, -0.2) is 4.79 Å². The van der Waals surface area contributed by atoms with E-state index in [1.807, 2.05) is 18.2 Å². The molecule has 0 N–H and O–H groups in total. The van der Waals surface area contributed by atoms with E-state index in [4.69, 9.17) is 21.1 Å². The molecule has 4 heteroatoms. The van der Waals surface area contributed by atoms with E-state index in [0.29, 0.717) is 30.6 Å². The Morgan fingerprint density at radius 1 is 0.875 bits per heavy atom. The maximum atomic E-state index is 12.0. The highest BCUT2D eigenvalue weighted by molar-refractivity contribution is 6.23. The van der Waals surface area contributed by atoms with Crippen molar-refractivity contribution in [3.8, 4) is 0 Å². The van der Waals surface area contributed by atoms with Crippen molar-refractivity contribution in [2.24, 2.45) is 11.8 Å². The summed E-state index contributed by atoms with van der Waals surface area (Å²) < 4.78 is 11.2. The molecule has 0 fully saturated rings. The predicted octanol–water partition coefficient (Wildman–Crippen LogP) is 6.97. The lowest BCUT2D eigenvalue weighted by Crippen LogP contribution is -2.18. The molecule has 32 heavy (non-hydrogen) atoms. The fourth-order valence-corrected chi connectivity index (χ4v) is 4.18. The smallest absolute Gasteiger partial charge is 0.338 e. The quantitative estimate of drug-likeness (QED) is 0.195. The predicted molar refractivity (Wildman–Crippen MR) is 134 cm³/mol. The Balaban J connectivity index is 2.05. The third-order valence-corrected chi connectivity index (χ3v) is 5.58. The summed E-state index contributed by atoms with van der Waals surface area (Å²) in [4.78, 5) is 11.6. The second-order valence-electron chi connectivity index (χ2n) is 9.76. The number of benzene rings is 2. The number of ether oxygens (including phenoxy) is 2. The highest BCUT2D eigenvalue weighted by Crippen LogP contribution is 2.35. The van der Waals surface area contributed by atoms with Gasteiger partial charge in [0, 0.05) is 0 Å². The van der Waals surface area contributed by atoms with Gasteiger partial charge in [-0.3, -0.25) is 0 Å². The molecule has 2 rings (SSSR count). The van der Waals surface area contributed by atoms with Crippen LogP contribution in [0.1, 0.15) is 74.2 Å². The molecule has 0 aliphatic rings. The first kappa shape index (κ1) is 26.4. The Labute approximate surface area is 199 Å². The van der Waals surface area contributed by atoms with Crippen molar-refractivity contribution in [3.63, 3.8) is 0 Å². The second-order valence-corrected chi connectivity index (χ2v) is 10.7. The normalized spacial score (nSPS) is 11.9. The molecule has 0 aliphatic carbocycles. The zero-order valence-electron chi connectivity index (χ0n) is 20.5. The Bertz CT molecular complexity index is 851. The maximum Gasteiger partial charge on any atom is 0.338 e. The van der Waals surface area contributed by atoms with E-state index in [9.17, 15) is 4.79 Å². The van der Waals surface area contributed by atoms with Crippen LogP contribution in [0.4, 0.5) is 0 Å². The lowest BCUT2D eigenvalue weighted by atomic mass is 9.83. The molecule has 2 aromatic rings. The van der Waals surface area contributed by atoms with Gasteiger partial charge in [-0.05, 0) is 79.3 Å². The van der Waals surface area contributed by atoms with Crippen LogP contribution in [-0.2, 0) is 33.6 Å². The fraction of sp³-hybridized carbons (Fsp3) is 0.536. The molecule has 2 aromatic carbocycles. The minimum Gasteiger partial charge on any atom is -0.460 e. The van der Waals surface area contributed by atoms with Crippen LogP contribution in [0.15, 0.2) is 42.5 Å². The van der Waals surface area contributed by atoms with E-state index in [1.165, 1.54) is 22.3 Å². The summed E-state index contributed by atoms with van der Waals surface area (Å²) in [7, 11) is 0. The molecule has 0 bridgehead atoms. The average molecular weight is 459 g/mol. The first-order chi connectivity index (χ1) is 15.1. The van der Waals surface area contributed by atoms with E-state index in [-0.39, 0.29) is 12.6 Å². The number of carbonyl (C=O) groups is 1. The maximum absolute atomic E-state index is 12.0.